The molecule has 0 spiro atoms. The van der Waals surface area contributed by atoms with Gasteiger partial charge >= 0.3 is 0 Å². The summed E-state index contributed by atoms with van der Waals surface area (Å²) in [7, 11) is 0. The van der Waals surface area contributed by atoms with Gasteiger partial charge in [0.05, 0.1) is 0 Å². The summed E-state index contributed by atoms with van der Waals surface area (Å²) in [5, 5.41) is 8.42. The first-order valence-corrected chi connectivity index (χ1v) is 6.14. The molecule has 2 rings (SSSR count). The van der Waals surface area contributed by atoms with Gasteiger partial charge in [0, 0.05) is 26.2 Å². The van der Waals surface area contributed by atoms with E-state index in [0.29, 0.717) is 5.15 Å². The summed E-state index contributed by atoms with van der Waals surface area (Å²) in [5.41, 5.74) is 0. The molecule has 0 radical (unpaired) electrons. The number of aromatic nitrogens is 2. The van der Waals surface area contributed by atoms with Gasteiger partial charge in [-0.2, -0.15) is 0 Å². The standard InChI is InChI=1S/C11H17ClN4/c1-2-5-15-6-8-16(9-7-15)11-4-3-10(12)13-14-11/h3-4H,2,5-9H2,1H3. The lowest BCUT2D eigenvalue weighted by atomic mass is 10.3. The molecule has 0 N–H and O–H groups in total. The lowest BCUT2D eigenvalue weighted by Gasteiger charge is -2.34. The van der Waals surface area contributed by atoms with Gasteiger partial charge in [-0.15, -0.1) is 10.2 Å². The zero-order valence-corrected chi connectivity index (χ0v) is 10.3. The molecule has 1 aromatic rings. The first-order valence-electron chi connectivity index (χ1n) is 5.76. The van der Waals surface area contributed by atoms with E-state index in [-0.39, 0.29) is 0 Å². The maximum absolute atomic E-state index is 5.71. The lowest BCUT2D eigenvalue weighted by Crippen LogP contribution is -2.46. The Morgan fingerprint density at radius 2 is 1.94 bits per heavy atom. The van der Waals surface area contributed by atoms with Crippen LogP contribution in [0.3, 0.4) is 0 Å². The normalized spacial score (nSPS) is 17.8. The van der Waals surface area contributed by atoms with Crippen LogP contribution in [0.5, 0.6) is 0 Å². The van der Waals surface area contributed by atoms with Crippen molar-refractivity contribution in [3.05, 3.63) is 17.3 Å². The highest BCUT2D eigenvalue weighted by Gasteiger charge is 2.17. The Labute approximate surface area is 101 Å². The topological polar surface area (TPSA) is 32.3 Å². The van der Waals surface area contributed by atoms with Crippen molar-refractivity contribution in [1.82, 2.24) is 15.1 Å². The molecular weight excluding hydrogens is 224 g/mol. The molecule has 0 unspecified atom stereocenters. The van der Waals surface area contributed by atoms with Crippen LogP contribution < -0.4 is 4.90 Å². The van der Waals surface area contributed by atoms with E-state index in [0.717, 1.165) is 32.0 Å². The zero-order chi connectivity index (χ0) is 11.4. The van der Waals surface area contributed by atoms with E-state index in [1.807, 2.05) is 6.07 Å². The summed E-state index contributed by atoms with van der Waals surface area (Å²) in [5.74, 6) is 0.931. The lowest BCUT2D eigenvalue weighted by molar-refractivity contribution is 0.258. The van der Waals surface area contributed by atoms with Gasteiger partial charge in [0.2, 0.25) is 0 Å². The van der Waals surface area contributed by atoms with E-state index < -0.39 is 0 Å². The van der Waals surface area contributed by atoms with Gasteiger partial charge in [0.15, 0.2) is 11.0 Å². The molecule has 16 heavy (non-hydrogen) atoms. The van der Waals surface area contributed by atoms with Crippen molar-refractivity contribution in [2.75, 3.05) is 37.6 Å². The summed E-state index contributed by atoms with van der Waals surface area (Å²) in [6, 6.07) is 3.73. The average Bonchev–Trinajstić information content (AvgIpc) is 2.32. The number of rotatable bonds is 3. The molecule has 1 aliphatic heterocycles. The second-order valence-electron chi connectivity index (χ2n) is 4.04. The Morgan fingerprint density at radius 3 is 2.50 bits per heavy atom. The molecule has 4 nitrogen and oxygen atoms in total. The molecule has 0 amide bonds. The molecule has 2 heterocycles. The first kappa shape index (κ1) is 11.6. The Bertz CT molecular complexity index is 319. The monoisotopic (exact) mass is 240 g/mol. The summed E-state index contributed by atoms with van der Waals surface area (Å²) < 4.78 is 0. The van der Waals surface area contributed by atoms with Crippen LogP contribution in [0.4, 0.5) is 5.82 Å². The van der Waals surface area contributed by atoms with E-state index in [1.165, 1.54) is 13.0 Å². The van der Waals surface area contributed by atoms with Gasteiger partial charge < -0.3 is 4.90 Å². The SMILES string of the molecule is CCCN1CCN(c2ccc(Cl)nn2)CC1. The van der Waals surface area contributed by atoms with Crippen LogP contribution >= 0.6 is 11.6 Å². The largest absolute Gasteiger partial charge is 0.353 e. The third kappa shape index (κ3) is 2.83. The Kier molecular flexibility index (Phi) is 3.96. The number of anilines is 1. The van der Waals surface area contributed by atoms with Gasteiger partial charge in [-0.1, -0.05) is 18.5 Å². The van der Waals surface area contributed by atoms with Gasteiger partial charge in [0.1, 0.15) is 0 Å². The van der Waals surface area contributed by atoms with E-state index in [9.17, 15) is 0 Å². The Balaban J connectivity index is 1.91. The maximum atomic E-state index is 5.71. The van der Waals surface area contributed by atoms with Crippen molar-refractivity contribution >= 4 is 17.4 Å². The van der Waals surface area contributed by atoms with E-state index in [2.05, 4.69) is 26.9 Å². The summed E-state index contributed by atoms with van der Waals surface area (Å²) in [6.07, 6.45) is 1.22. The third-order valence-electron chi connectivity index (χ3n) is 2.85. The fraction of sp³-hybridized carbons (Fsp3) is 0.636. The molecule has 88 valence electrons. The number of halogens is 1. The number of piperazine rings is 1. The van der Waals surface area contributed by atoms with Crippen molar-refractivity contribution in [2.45, 2.75) is 13.3 Å². The van der Waals surface area contributed by atoms with Crippen molar-refractivity contribution in [3.8, 4) is 0 Å². The van der Waals surface area contributed by atoms with Crippen molar-refractivity contribution < 1.29 is 0 Å². The summed E-state index contributed by atoms with van der Waals surface area (Å²) in [6.45, 7) is 7.68. The van der Waals surface area contributed by atoms with E-state index in [4.69, 9.17) is 11.6 Å². The smallest absolute Gasteiger partial charge is 0.151 e. The highest BCUT2D eigenvalue weighted by atomic mass is 35.5. The molecule has 0 saturated carbocycles. The molecule has 0 aliphatic carbocycles. The number of hydrogen-bond donors (Lipinski definition) is 0. The highest BCUT2D eigenvalue weighted by molar-refractivity contribution is 6.29. The second-order valence-corrected chi connectivity index (χ2v) is 4.43. The minimum Gasteiger partial charge on any atom is -0.353 e. The van der Waals surface area contributed by atoms with Crippen LogP contribution in [0.2, 0.25) is 5.15 Å². The predicted molar refractivity (Wildman–Crippen MR) is 66.0 cm³/mol. The predicted octanol–water partition coefficient (Wildman–Crippen LogP) is 1.66. The molecule has 0 aromatic carbocycles. The molecule has 0 bridgehead atoms. The van der Waals surface area contributed by atoms with E-state index in [1.54, 1.807) is 6.07 Å². The fourth-order valence-corrected chi connectivity index (χ4v) is 2.10. The van der Waals surface area contributed by atoms with Gasteiger partial charge in [-0.3, -0.25) is 4.90 Å². The molecule has 5 heteroatoms. The summed E-state index contributed by atoms with van der Waals surface area (Å²) >= 11 is 5.71. The van der Waals surface area contributed by atoms with Crippen LogP contribution in [0, 0.1) is 0 Å². The first-order chi connectivity index (χ1) is 7.79. The van der Waals surface area contributed by atoms with Crippen LogP contribution in [0.15, 0.2) is 12.1 Å². The van der Waals surface area contributed by atoms with Gasteiger partial charge in [0.25, 0.3) is 0 Å². The van der Waals surface area contributed by atoms with Crippen LogP contribution in [-0.4, -0.2) is 47.8 Å². The highest BCUT2D eigenvalue weighted by Crippen LogP contribution is 2.14. The van der Waals surface area contributed by atoms with Crippen molar-refractivity contribution in [3.63, 3.8) is 0 Å². The quantitative estimate of drug-likeness (QED) is 0.805. The van der Waals surface area contributed by atoms with Crippen molar-refractivity contribution in [1.29, 1.82) is 0 Å². The molecule has 0 atom stereocenters. The van der Waals surface area contributed by atoms with Crippen LogP contribution in [0.1, 0.15) is 13.3 Å². The minimum absolute atomic E-state index is 0.452. The Morgan fingerprint density at radius 1 is 1.19 bits per heavy atom. The van der Waals surface area contributed by atoms with Crippen molar-refractivity contribution in [2.24, 2.45) is 0 Å². The molecule has 1 aromatic heterocycles. The second kappa shape index (κ2) is 5.46. The number of hydrogen-bond acceptors (Lipinski definition) is 4. The third-order valence-corrected chi connectivity index (χ3v) is 3.06. The van der Waals surface area contributed by atoms with Gasteiger partial charge in [-0.25, -0.2) is 0 Å². The number of nitrogens with zero attached hydrogens (tertiary/aromatic N) is 4. The molecule has 1 aliphatic rings. The summed E-state index contributed by atoms with van der Waals surface area (Å²) in [4.78, 5) is 4.75. The minimum atomic E-state index is 0.452. The van der Waals surface area contributed by atoms with Gasteiger partial charge in [-0.05, 0) is 25.1 Å². The maximum Gasteiger partial charge on any atom is 0.151 e. The zero-order valence-electron chi connectivity index (χ0n) is 9.56. The van der Waals surface area contributed by atoms with Crippen LogP contribution in [0.25, 0.3) is 0 Å². The molecular formula is C11H17ClN4. The molecule has 1 fully saturated rings. The fourth-order valence-electron chi connectivity index (χ4n) is 1.99. The average molecular weight is 241 g/mol. The van der Waals surface area contributed by atoms with Crippen LogP contribution in [-0.2, 0) is 0 Å². The Hall–Kier alpha value is -0.870. The van der Waals surface area contributed by atoms with E-state index >= 15 is 0 Å². The molecule has 1 saturated heterocycles.